The van der Waals surface area contributed by atoms with Gasteiger partial charge in [-0.1, -0.05) is 60.7 Å². The fourth-order valence-corrected chi connectivity index (χ4v) is 4.82. The second-order valence-electron chi connectivity index (χ2n) is 6.79. The Kier molecular flexibility index (Phi) is 8.67. The Morgan fingerprint density at radius 2 is 1.63 bits per heavy atom. The maximum atomic E-state index is 13.1. The van der Waals surface area contributed by atoms with Gasteiger partial charge < -0.3 is 20.1 Å². The Bertz CT molecular complexity index is 926. The number of nitrogens with one attached hydrogen (secondary N) is 1. The van der Waals surface area contributed by atoms with Crippen molar-refractivity contribution >= 4 is 19.4 Å². The largest absolute Gasteiger partial charge is 0.481 e. The van der Waals surface area contributed by atoms with E-state index in [4.69, 9.17) is 11.2 Å². The molecule has 0 radical (unpaired) electrons. The number of benzene rings is 2. The molecule has 1 amide bonds. The number of carbonyl (C=O) groups is 2. The molecule has 2 unspecified atom stereocenters. The third-order valence-corrected chi connectivity index (χ3v) is 6.70. The van der Waals surface area contributed by atoms with Gasteiger partial charge >= 0.3 is 12.1 Å². The average Bonchev–Trinajstić information content (AvgIpc) is 2.73. The smallest absolute Gasteiger partial charge is 0.408 e. The lowest BCUT2D eigenvalue weighted by atomic mass is 10.1. The zero-order valence-electron chi connectivity index (χ0n) is 16.3. The van der Waals surface area contributed by atoms with E-state index in [1.54, 1.807) is 54.6 Å². The van der Waals surface area contributed by atoms with Gasteiger partial charge in [0.05, 0.1) is 5.92 Å². The van der Waals surface area contributed by atoms with Crippen LogP contribution in [0.4, 0.5) is 4.79 Å². The van der Waals surface area contributed by atoms with Gasteiger partial charge in [0.25, 0.3) is 0 Å². The lowest BCUT2D eigenvalue weighted by Crippen LogP contribution is -2.38. The Hall–Kier alpha value is -3.07. The van der Waals surface area contributed by atoms with Gasteiger partial charge in [-0.25, -0.2) is 4.79 Å². The third-order valence-electron chi connectivity index (χ3n) is 4.45. The molecule has 0 saturated heterocycles. The van der Waals surface area contributed by atoms with Crippen molar-refractivity contribution in [3.63, 3.8) is 0 Å². The quantitative estimate of drug-likeness (QED) is 0.394. The predicted molar refractivity (Wildman–Crippen MR) is 113 cm³/mol. The molecular formula is C22H24NO6P. The zero-order valence-corrected chi connectivity index (χ0v) is 17.2. The molecule has 2 aromatic rings. The zero-order chi connectivity index (χ0) is 22.0. The van der Waals surface area contributed by atoms with Gasteiger partial charge in [-0.05, 0) is 11.1 Å². The van der Waals surface area contributed by atoms with Gasteiger partial charge in [0.15, 0.2) is 0 Å². The van der Waals surface area contributed by atoms with Crippen molar-refractivity contribution < 1.29 is 28.9 Å². The summed E-state index contributed by atoms with van der Waals surface area (Å²) >= 11 is 0. The summed E-state index contributed by atoms with van der Waals surface area (Å²) in [4.78, 5) is 34.4. The second-order valence-corrected chi connectivity index (χ2v) is 9.29. The standard InChI is InChI=1S/C22H24NO6P/c1-2-9-19(21(24)25)16-30(27,28)20(14-17-10-5-3-6-11-17)23-22(26)29-15-18-12-7-4-8-13-18/h1,3-8,10-13,19-20H,9,14-16H2,(H,23,26)(H,24,25)(H,27,28)/t19?,20-/m0/s1. The normalized spacial score (nSPS) is 14.5. The van der Waals surface area contributed by atoms with Gasteiger partial charge in [0, 0.05) is 19.0 Å². The van der Waals surface area contributed by atoms with E-state index in [2.05, 4.69) is 11.2 Å². The molecule has 0 fully saturated rings. The average molecular weight is 429 g/mol. The van der Waals surface area contributed by atoms with E-state index < -0.39 is 37.3 Å². The summed E-state index contributed by atoms with van der Waals surface area (Å²) in [6.07, 6.45) is 3.63. The highest BCUT2D eigenvalue weighted by atomic mass is 31.2. The van der Waals surface area contributed by atoms with E-state index in [9.17, 15) is 24.2 Å². The molecule has 0 aromatic heterocycles. The molecule has 158 valence electrons. The molecule has 0 saturated carbocycles. The Morgan fingerprint density at radius 1 is 1.07 bits per heavy atom. The molecule has 0 aliphatic rings. The lowest BCUT2D eigenvalue weighted by Gasteiger charge is -2.26. The summed E-state index contributed by atoms with van der Waals surface area (Å²) < 4.78 is 18.2. The maximum Gasteiger partial charge on any atom is 0.408 e. The van der Waals surface area contributed by atoms with Crippen LogP contribution < -0.4 is 5.32 Å². The van der Waals surface area contributed by atoms with Gasteiger partial charge in [-0.2, -0.15) is 0 Å². The van der Waals surface area contributed by atoms with Crippen LogP contribution in [0.25, 0.3) is 0 Å². The van der Waals surface area contributed by atoms with Crippen LogP contribution in [0.3, 0.4) is 0 Å². The van der Waals surface area contributed by atoms with Crippen molar-refractivity contribution in [2.45, 2.75) is 25.2 Å². The summed E-state index contributed by atoms with van der Waals surface area (Å²) in [5, 5.41) is 11.7. The molecule has 0 aliphatic heterocycles. The number of carbonyl (C=O) groups excluding carboxylic acids is 1. The minimum absolute atomic E-state index is 0.00466. The number of rotatable bonds is 10. The van der Waals surface area contributed by atoms with Crippen LogP contribution in [0.15, 0.2) is 60.7 Å². The van der Waals surface area contributed by atoms with Crippen molar-refractivity contribution in [3.8, 4) is 12.3 Å². The maximum absolute atomic E-state index is 13.1. The molecule has 30 heavy (non-hydrogen) atoms. The molecule has 0 aliphatic carbocycles. The van der Waals surface area contributed by atoms with Crippen molar-refractivity contribution in [1.82, 2.24) is 5.32 Å². The minimum Gasteiger partial charge on any atom is -0.481 e. The first-order valence-corrected chi connectivity index (χ1v) is 11.2. The number of carboxylic acids is 1. The summed E-state index contributed by atoms with van der Waals surface area (Å²) in [7, 11) is -4.15. The summed E-state index contributed by atoms with van der Waals surface area (Å²) in [6, 6.07) is 17.8. The highest BCUT2D eigenvalue weighted by Crippen LogP contribution is 2.48. The topological polar surface area (TPSA) is 113 Å². The number of terminal acetylenes is 1. The van der Waals surface area contributed by atoms with E-state index in [0.29, 0.717) is 5.56 Å². The first-order chi connectivity index (χ1) is 14.3. The van der Waals surface area contributed by atoms with Crippen molar-refractivity contribution in [1.29, 1.82) is 0 Å². The van der Waals surface area contributed by atoms with Crippen LogP contribution in [-0.2, 0) is 27.1 Å². The highest BCUT2D eigenvalue weighted by molar-refractivity contribution is 7.58. The fraction of sp³-hybridized carbons (Fsp3) is 0.273. The first kappa shape index (κ1) is 23.2. The molecule has 3 atom stereocenters. The van der Waals surface area contributed by atoms with E-state index in [1.807, 2.05) is 6.07 Å². The Labute approximate surface area is 175 Å². The van der Waals surface area contributed by atoms with Crippen LogP contribution >= 0.6 is 7.37 Å². The predicted octanol–water partition coefficient (Wildman–Crippen LogP) is 3.48. The summed E-state index contributed by atoms with van der Waals surface area (Å²) in [5.74, 6) is -1.45. The van der Waals surface area contributed by atoms with Gasteiger partial charge in [0.2, 0.25) is 7.37 Å². The number of ether oxygens (including phenoxy) is 1. The molecule has 8 heteroatoms. The third kappa shape index (κ3) is 7.40. The minimum atomic E-state index is -4.15. The molecule has 0 spiro atoms. The Balaban J connectivity index is 2.14. The number of hydrogen-bond acceptors (Lipinski definition) is 4. The summed E-state index contributed by atoms with van der Waals surface area (Å²) in [6.45, 7) is -0.00466. The molecule has 2 rings (SSSR count). The van der Waals surface area contributed by atoms with Crippen LogP contribution in [0.1, 0.15) is 17.5 Å². The van der Waals surface area contributed by atoms with Crippen molar-refractivity contribution in [2.75, 3.05) is 6.16 Å². The van der Waals surface area contributed by atoms with Crippen LogP contribution in [0.5, 0.6) is 0 Å². The SMILES string of the molecule is C#CCC(CP(=O)(O)[C@@H](Cc1ccccc1)NC(=O)OCc1ccccc1)C(=O)O. The highest BCUT2D eigenvalue weighted by Gasteiger charge is 2.37. The molecule has 7 nitrogen and oxygen atoms in total. The number of alkyl carbamates (subject to hydrolysis) is 1. The summed E-state index contributed by atoms with van der Waals surface area (Å²) in [5.41, 5.74) is 1.48. The van der Waals surface area contributed by atoms with Gasteiger partial charge in [0.1, 0.15) is 12.4 Å². The Morgan fingerprint density at radius 3 is 2.17 bits per heavy atom. The number of hydrogen-bond donors (Lipinski definition) is 3. The first-order valence-electron chi connectivity index (χ1n) is 9.30. The van der Waals surface area contributed by atoms with E-state index in [-0.39, 0.29) is 19.4 Å². The molecular weight excluding hydrogens is 405 g/mol. The van der Waals surface area contributed by atoms with Crippen LogP contribution in [0.2, 0.25) is 0 Å². The van der Waals surface area contributed by atoms with E-state index in [1.165, 1.54) is 0 Å². The molecule has 0 heterocycles. The van der Waals surface area contributed by atoms with E-state index in [0.717, 1.165) is 5.56 Å². The molecule has 3 N–H and O–H groups in total. The fourth-order valence-electron chi connectivity index (χ4n) is 2.85. The number of aliphatic carboxylic acids is 1. The number of carboxylic acid groups (broad SMARTS) is 1. The van der Waals surface area contributed by atoms with Crippen molar-refractivity contribution in [3.05, 3.63) is 71.8 Å². The number of amides is 1. The molecule has 2 aromatic carbocycles. The van der Waals surface area contributed by atoms with Crippen LogP contribution in [0, 0.1) is 18.3 Å². The van der Waals surface area contributed by atoms with Gasteiger partial charge in [-0.3, -0.25) is 9.36 Å². The van der Waals surface area contributed by atoms with Crippen molar-refractivity contribution in [2.24, 2.45) is 5.92 Å². The molecule has 0 bridgehead atoms. The second kappa shape index (κ2) is 11.2. The lowest BCUT2D eigenvalue weighted by molar-refractivity contribution is -0.140. The van der Waals surface area contributed by atoms with Crippen LogP contribution in [-0.4, -0.2) is 34.0 Å². The van der Waals surface area contributed by atoms with E-state index >= 15 is 0 Å². The monoisotopic (exact) mass is 429 g/mol. The van der Waals surface area contributed by atoms with Gasteiger partial charge in [-0.15, -0.1) is 12.3 Å².